The molecule has 0 aliphatic carbocycles. The second-order valence-electron chi connectivity index (χ2n) is 7.84. The van der Waals surface area contributed by atoms with Crippen molar-refractivity contribution in [2.24, 2.45) is 5.10 Å². The standard InChI is InChI=1S/C26H18N4O4S/c31-24(29-27-15-17-11-13-20(14-12-17)30(33)34)23-22-21(16-35-23)26(25(32)28-22,18-7-3-1-4-8-18)19-9-5-2-6-10-19/h1-16H,(H,28,32)(H,29,31)/b27-15+. The van der Waals surface area contributed by atoms with Gasteiger partial charge in [-0.05, 0) is 34.2 Å². The van der Waals surface area contributed by atoms with Crippen molar-refractivity contribution in [2.45, 2.75) is 5.41 Å². The van der Waals surface area contributed by atoms with Crippen molar-refractivity contribution in [1.82, 2.24) is 5.43 Å². The number of nitro groups is 1. The largest absolute Gasteiger partial charge is 0.323 e. The molecule has 2 amide bonds. The SMILES string of the molecule is O=C(N/N=C/c1ccc([N+](=O)[O-])cc1)c1scc2c1NC(=O)C2(c1ccccc1)c1ccccc1. The number of nitrogens with one attached hydrogen (secondary N) is 2. The van der Waals surface area contributed by atoms with Crippen molar-refractivity contribution in [1.29, 1.82) is 0 Å². The minimum absolute atomic E-state index is 0.0311. The third-order valence-electron chi connectivity index (χ3n) is 5.88. The number of anilines is 1. The van der Waals surface area contributed by atoms with Gasteiger partial charge >= 0.3 is 0 Å². The summed E-state index contributed by atoms with van der Waals surface area (Å²) in [5, 5.41) is 19.5. The first-order valence-corrected chi connectivity index (χ1v) is 11.5. The van der Waals surface area contributed by atoms with Gasteiger partial charge in [0, 0.05) is 17.7 Å². The van der Waals surface area contributed by atoms with E-state index in [0.29, 0.717) is 16.1 Å². The first-order chi connectivity index (χ1) is 17.0. The van der Waals surface area contributed by atoms with Crippen LogP contribution in [0.4, 0.5) is 11.4 Å². The molecule has 0 atom stereocenters. The number of hydrogen-bond acceptors (Lipinski definition) is 6. The Morgan fingerprint density at radius 1 is 0.971 bits per heavy atom. The fourth-order valence-corrected chi connectivity index (χ4v) is 5.23. The molecule has 0 spiro atoms. The molecule has 9 heteroatoms. The number of carbonyl (C=O) groups is 2. The summed E-state index contributed by atoms with van der Waals surface area (Å²) < 4.78 is 0. The lowest BCUT2D eigenvalue weighted by Crippen LogP contribution is -2.36. The Morgan fingerprint density at radius 3 is 2.14 bits per heavy atom. The molecule has 0 saturated heterocycles. The van der Waals surface area contributed by atoms with Crippen LogP contribution in [-0.2, 0) is 10.2 Å². The average molecular weight is 483 g/mol. The Bertz CT molecular complexity index is 1410. The smallest absolute Gasteiger partial charge is 0.283 e. The maximum absolute atomic E-state index is 13.5. The molecular weight excluding hydrogens is 464 g/mol. The van der Waals surface area contributed by atoms with Crippen LogP contribution in [0.3, 0.4) is 0 Å². The highest BCUT2D eigenvalue weighted by atomic mass is 32.1. The summed E-state index contributed by atoms with van der Waals surface area (Å²) in [5.41, 5.74) is 4.77. The van der Waals surface area contributed by atoms with E-state index in [1.165, 1.54) is 41.8 Å². The summed E-state index contributed by atoms with van der Waals surface area (Å²) in [6.45, 7) is 0. The highest BCUT2D eigenvalue weighted by Crippen LogP contribution is 2.50. The summed E-state index contributed by atoms with van der Waals surface area (Å²) in [6.07, 6.45) is 1.40. The Morgan fingerprint density at radius 2 is 1.57 bits per heavy atom. The molecule has 5 rings (SSSR count). The number of nitro benzene ring substituents is 1. The molecule has 3 aromatic carbocycles. The molecule has 0 saturated carbocycles. The minimum atomic E-state index is -1.07. The molecule has 0 unspecified atom stereocenters. The molecule has 1 aliphatic heterocycles. The molecule has 2 N–H and O–H groups in total. The van der Waals surface area contributed by atoms with Crippen molar-refractivity contribution in [3.63, 3.8) is 0 Å². The average Bonchev–Trinajstić information content (AvgIpc) is 3.42. The number of fused-ring (bicyclic) bond motifs is 1. The van der Waals surface area contributed by atoms with Crippen LogP contribution in [0, 0.1) is 10.1 Å². The second kappa shape index (κ2) is 8.96. The van der Waals surface area contributed by atoms with Crippen molar-refractivity contribution in [3.05, 3.63) is 128 Å². The first kappa shape index (κ1) is 22.2. The second-order valence-corrected chi connectivity index (χ2v) is 8.72. The number of non-ortho nitro benzene ring substituents is 1. The molecule has 35 heavy (non-hydrogen) atoms. The zero-order valence-corrected chi connectivity index (χ0v) is 19.0. The lowest BCUT2D eigenvalue weighted by atomic mass is 9.71. The zero-order chi connectivity index (χ0) is 24.4. The summed E-state index contributed by atoms with van der Waals surface area (Å²) in [7, 11) is 0. The summed E-state index contributed by atoms with van der Waals surface area (Å²) in [4.78, 5) is 37.1. The van der Waals surface area contributed by atoms with Gasteiger partial charge in [-0.1, -0.05) is 60.7 Å². The van der Waals surface area contributed by atoms with E-state index >= 15 is 0 Å². The maximum atomic E-state index is 13.5. The quantitative estimate of drug-likeness (QED) is 0.235. The third kappa shape index (κ3) is 3.77. The molecule has 0 fully saturated rings. The molecule has 8 nitrogen and oxygen atoms in total. The van der Waals surface area contributed by atoms with Crippen molar-refractivity contribution < 1.29 is 14.5 Å². The molecule has 172 valence electrons. The van der Waals surface area contributed by atoms with Crippen LogP contribution < -0.4 is 10.7 Å². The monoisotopic (exact) mass is 482 g/mol. The lowest BCUT2D eigenvalue weighted by molar-refractivity contribution is -0.384. The number of hydrogen-bond donors (Lipinski definition) is 2. The van der Waals surface area contributed by atoms with Crippen molar-refractivity contribution in [2.75, 3.05) is 5.32 Å². The van der Waals surface area contributed by atoms with E-state index in [0.717, 1.165) is 16.7 Å². The maximum Gasteiger partial charge on any atom is 0.283 e. The fraction of sp³-hybridized carbons (Fsp3) is 0.0385. The molecule has 1 aliphatic rings. The van der Waals surface area contributed by atoms with Gasteiger partial charge in [0.25, 0.3) is 11.6 Å². The number of nitrogens with zero attached hydrogens (tertiary/aromatic N) is 2. The van der Waals surface area contributed by atoms with Gasteiger partial charge in [0.05, 0.1) is 16.8 Å². The first-order valence-electron chi connectivity index (χ1n) is 10.6. The van der Waals surface area contributed by atoms with Gasteiger partial charge in [-0.15, -0.1) is 11.3 Å². The number of thiophene rings is 1. The van der Waals surface area contributed by atoms with E-state index < -0.39 is 16.2 Å². The van der Waals surface area contributed by atoms with Gasteiger partial charge in [0.15, 0.2) is 0 Å². The number of rotatable bonds is 6. The van der Waals surface area contributed by atoms with Gasteiger partial charge in [0.1, 0.15) is 10.3 Å². The van der Waals surface area contributed by atoms with Crippen molar-refractivity contribution >= 4 is 40.7 Å². The Kier molecular flexibility index (Phi) is 5.68. The topological polar surface area (TPSA) is 114 Å². The van der Waals surface area contributed by atoms with E-state index in [-0.39, 0.29) is 11.6 Å². The van der Waals surface area contributed by atoms with Crippen LogP contribution in [-0.4, -0.2) is 23.0 Å². The molecule has 2 heterocycles. The number of carbonyl (C=O) groups excluding carboxylic acids is 2. The predicted octanol–water partition coefficient (Wildman–Crippen LogP) is 4.71. The van der Waals surface area contributed by atoms with Gasteiger partial charge < -0.3 is 5.32 Å². The number of hydrazone groups is 1. The summed E-state index contributed by atoms with van der Waals surface area (Å²) in [6, 6.07) is 24.8. The van der Waals surface area contributed by atoms with E-state index in [2.05, 4.69) is 15.8 Å². The predicted molar refractivity (Wildman–Crippen MR) is 134 cm³/mol. The van der Waals surface area contributed by atoms with Crippen LogP contribution in [0.1, 0.15) is 31.9 Å². The van der Waals surface area contributed by atoms with E-state index in [1.807, 2.05) is 66.0 Å². The van der Waals surface area contributed by atoms with Gasteiger partial charge in [-0.2, -0.15) is 5.10 Å². The Hall–Kier alpha value is -4.63. The summed E-state index contributed by atoms with van der Waals surface area (Å²) >= 11 is 1.23. The molecule has 0 bridgehead atoms. The molecule has 4 aromatic rings. The summed E-state index contributed by atoms with van der Waals surface area (Å²) in [5.74, 6) is -0.692. The molecule has 1 aromatic heterocycles. The Balaban J connectivity index is 1.46. The van der Waals surface area contributed by atoms with Gasteiger partial charge in [-0.25, -0.2) is 5.43 Å². The number of benzene rings is 3. The fourth-order valence-electron chi connectivity index (χ4n) is 4.27. The number of amides is 2. The Labute approximate surface area is 204 Å². The lowest BCUT2D eigenvalue weighted by Gasteiger charge is -2.28. The van der Waals surface area contributed by atoms with E-state index in [9.17, 15) is 19.7 Å². The van der Waals surface area contributed by atoms with E-state index in [4.69, 9.17) is 0 Å². The molecule has 0 radical (unpaired) electrons. The zero-order valence-electron chi connectivity index (χ0n) is 18.2. The normalized spacial score (nSPS) is 13.9. The van der Waals surface area contributed by atoms with Crippen LogP contribution in [0.15, 0.2) is 95.4 Å². The van der Waals surface area contributed by atoms with Crippen LogP contribution in [0.5, 0.6) is 0 Å². The van der Waals surface area contributed by atoms with Crippen LogP contribution >= 0.6 is 11.3 Å². The van der Waals surface area contributed by atoms with E-state index in [1.54, 1.807) is 0 Å². The minimum Gasteiger partial charge on any atom is -0.323 e. The van der Waals surface area contributed by atoms with Crippen LogP contribution in [0.2, 0.25) is 0 Å². The van der Waals surface area contributed by atoms with Crippen molar-refractivity contribution in [3.8, 4) is 0 Å². The highest BCUT2D eigenvalue weighted by molar-refractivity contribution is 7.13. The molecular formula is C26H18N4O4S. The van der Waals surface area contributed by atoms with Gasteiger partial charge in [-0.3, -0.25) is 19.7 Å². The van der Waals surface area contributed by atoms with Gasteiger partial charge in [0.2, 0.25) is 5.91 Å². The van der Waals surface area contributed by atoms with Crippen LogP contribution in [0.25, 0.3) is 0 Å². The third-order valence-corrected chi connectivity index (χ3v) is 6.86. The highest BCUT2D eigenvalue weighted by Gasteiger charge is 2.51.